The van der Waals surface area contributed by atoms with Gasteiger partial charge in [-0.25, -0.2) is 9.37 Å². The van der Waals surface area contributed by atoms with Gasteiger partial charge in [0, 0.05) is 10.1 Å². The zero-order valence-corrected chi connectivity index (χ0v) is 14.9. The maximum atomic E-state index is 13.1. The number of nitrogens with zero attached hydrogens (tertiary/aromatic N) is 1. The average molecular weight is 440 g/mol. The number of hydrogen-bond donors (Lipinski definition) is 2. The van der Waals surface area contributed by atoms with Crippen molar-refractivity contribution in [3.63, 3.8) is 0 Å². The van der Waals surface area contributed by atoms with Crippen molar-refractivity contribution in [1.29, 1.82) is 0 Å². The fraction of sp³-hybridized carbons (Fsp3) is 0.214. The van der Waals surface area contributed by atoms with E-state index in [1.165, 1.54) is 12.1 Å². The number of aromatic nitrogens is 1. The molecule has 0 aliphatic carbocycles. The third kappa shape index (κ3) is 4.34. The van der Waals surface area contributed by atoms with Crippen molar-refractivity contribution in [3.05, 3.63) is 43.7 Å². The predicted molar refractivity (Wildman–Crippen MR) is 95.4 cm³/mol. The van der Waals surface area contributed by atoms with E-state index in [0.717, 1.165) is 22.2 Å². The largest absolute Gasteiger partial charge is 0.369 e. The third-order valence-electron chi connectivity index (χ3n) is 2.66. The van der Waals surface area contributed by atoms with Crippen LogP contribution in [0.5, 0.6) is 0 Å². The van der Waals surface area contributed by atoms with Crippen LogP contribution in [0.4, 0.5) is 21.7 Å². The zero-order chi connectivity index (χ0) is 15.4. The lowest BCUT2D eigenvalue weighted by molar-refractivity contribution is 0.627. The minimum absolute atomic E-state index is 0.287. The molecule has 2 rings (SSSR count). The molecule has 0 radical (unpaired) electrons. The van der Waals surface area contributed by atoms with E-state index in [1.54, 1.807) is 12.1 Å². The fourth-order valence-electron chi connectivity index (χ4n) is 1.64. The summed E-state index contributed by atoms with van der Waals surface area (Å²) in [5, 5.41) is 7.10. The fourth-order valence-corrected chi connectivity index (χ4v) is 2.72. The Morgan fingerprint density at radius 2 is 1.90 bits per heavy atom. The van der Waals surface area contributed by atoms with Crippen molar-refractivity contribution in [3.8, 4) is 0 Å². The summed E-state index contributed by atoms with van der Waals surface area (Å²) in [4.78, 5) is 4.38. The Labute approximate surface area is 146 Å². The Morgan fingerprint density at radius 3 is 2.57 bits per heavy atom. The molecule has 0 unspecified atom stereocenters. The van der Waals surface area contributed by atoms with Crippen molar-refractivity contribution in [1.82, 2.24) is 4.98 Å². The number of hydrogen-bond acceptors (Lipinski definition) is 3. The summed E-state index contributed by atoms with van der Waals surface area (Å²) in [7, 11) is 0. The van der Waals surface area contributed by atoms with Gasteiger partial charge in [0.2, 0.25) is 0 Å². The zero-order valence-electron chi connectivity index (χ0n) is 11.2. The SMILES string of the molecule is CCCNc1nc(Nc2ccc(F)cc2I)c(Cl)cc1Cl. The minimum atomic E-state index is -0.287. The Balaban J connectivity index is 2.30. The average Bonchev–Trinajstić information content (AvgIpc) is 2.43. The molecule has 0 aliphatic heterocycles. The first kappa shape index (κ1) is 16.6. The Hall–Kier alpha value is -0.790. The van der Waals surface area contributed by atoms with Crippen LogP contribution in [0.25, 0.3) is 0 Å². The summed E-state index contributed by atoms with van der Waals surface area (Å²) in [6, 6.07) is 6.09. The van der Waals surface area contributed by atoms with Gasteiger partial charge < -0.3 is 10.6 Å². The highest BCUT2D eigenvalue weighted by molar-refractivity contribution is 14.1. The molecule has 0 spiro atoms. The van der Waals surface area contributed by atoms with Gasteiger partial charge in [0.15, 0.2) is 5.82 Å². The van der Waals surface area contributed by atoms with Gasteiger partial charge >= 0.3 is 0 Å². The first-order chi connectivity index (χ1) is 10.0. The van der Waals surface area contributed by atoms with Gasteiger partial charge in [-0.1, -0.05) is 30.1 Å². The van der Waals surface area contributed by atoms with Crippen LogP contribution in [0.1, 0.15) is 13.3 Å². The van der Waals surface area contributed by atoms with Crippen molar-refractivity contribution in [2.24, 2.45) is 0 Å². The van der Waals surface area contributed by atoms with Gasteiger partial charge in [0.05, 0.1) is 15.7 Å². The van der Waals surface area contributed by atoms with Crippen LogP contribution in [0.3, 0.4) is 0 Å². The number of rotatable bonds is 5. The summed E-state index contributed by atoms with van der Waals surface area (Å²) in [5.74, 6) is 0.761. The van der Waals surface area contributed by atoms with E-state index in [-0.39, 0.29) is 5.82 Å². The molecule has 21 heavy (non-hydrogen) atoms. The van der Waals surface area contributed by atoms with Crippen LogP contribution in [0.2, 0.25) is 10.0 Å². The van der Waals surface area contributed by atoms with E-state index in [9.17, 15) is 4.39 Å². The van der Waals surface area contributed by atoms with E-state index in [1.807, 2.05) is 22.6 Å². The molecule has 2 N–H and O–H groups in total. The van der Waals surface area contributed by atoms with E-state index in [4.69, 9.17) is 23.2 Å². The standard InChI is InChI=1S/C14H13Cl2FIN3/c1-2-5-19-13-9(15)7-10(16)14(21-13)20-12-4-3-8(17)6-11(12)18/h3-4,6-7H,2,5H2,1H3,(H2,19,20,21). The van der Waals surface area contributed by atoms with Crippen molar-refractivity contribution >= 4 is 63.1 Å². The lowest BCUT2D eigenvalue weighted by Crippen LogP contribution is -2.05. The Bertz CT molecular complexity index is 652. The topological polar surface area (TPSA) is 37.0 Å². The second-order valence-corrected chi connectivity index (χ2v) is 6.30. The molecular formula is C14H13Cl2FIN3. The molecule has 0 aliphatic rings. The lowest BCUT2D eigenvalue weighted by Gasteiger charge is -2.13. The van der Waals surface area contributed by atoms with Gasteiger partial charge in [-0.3, -0.25) is 0 Å². The van der Waals surface area contributed by atoms with Gasteiger partial charge in [0.1, 0.15) is 11.6 Å². The monoisotopic (exact) mass is 439 g/mol. The summed E-state index contributed by atoms with van der Waals surface area (Å²) in [5.41, 5.74) is 0.732. The molecule has 0 saturated carbocycles. The highest BCUT2D eigenvalue weighted by atomic mass is 127. The molecule has 0 amide bonds. The first-order valence-corrected chi connectivity index (χ1v) is 8.16. The molecule has 0 bridgehead atoms. The van der Waals surface area contributed by atoms with Crippen LogP contribution >= 0.6 is 45.8 Å². The normalized spacial score (nSPS) is 10.5. The maximum absolute atomic E-state index is 13.1. The number of nitrogens with one attached hydrogen (secondary N) is 2. The van der Waals surface area contributed by atoms with E-state index in [2.05, 4.69) is 22.5 Å². The van der Waals surface area contributed by atoms with Gasteiger partial charge in [-0.2, -0.15) is 0 Å². The Kier molecular flexibility index (Phi) is 5.89. The van der Waals surface area contributed by atoms with Crippen LogP contribution in [-0.2, 0) is 0 Å². The number of anilines is 3. The maximum Gasteiger partial charge on any atom is 0.151 e. The van der Waals surface area contributed by atoms with E-state index < -0.39 is 0 Å². The molecule has 3 nitrogen and oxygen atoms in total. The van der Waals surface area contributed by atoms with Crippen LogP contribution < -0.4 is 10.6 Å². The first-order valence-electron chi connectivity index (χ1n) is 6.33. The predicted octanol–water partition coefficient (Wildman–Crippen LogP) is 5.70. The van der Waals surface area contributed by atoms with Gasteiger partial charge in [0.25, 0.3) is 0 Å². The molecular weight excluding hydrogens is 427 g/mol. The lowest BCUT2D eigenvalue weighted by atomic mass is 10.3. The summed E-state index contributed by atoms with van der Waals surface area (Å²) < 4.78 is 13.9. The number of halogens is 4. The highest BCUT2D eigenvalue weighted by Gasteiger charge is 2.11. The molecule has 0 saturated heterocycles. The second kappa shape index (κ2) is 7.47. The summed E-state index contributed by atoms with van der Waals surface area (Å²) >= 11 is 14.3. The van der Waals surface area contributed by atoms with Crippen LogP contribution in [0.15, 0.2) is 24.3 Å². The molecule has 0 atom stereocenters. The number of pyridine rings is 1. The minimum Gasteiger partial charge on any atom is -0.369 e. The molecule has 2 aromatic rings. The van der Waals surface area contributed by atoms with E-state index >= 15 is 0 Å². The van der Waals surface area contributed by atoms with Crippen molar-refractivity contribution < 1.29 is 4.39 Å². The summed E-state index contributed by atoms with van der Waals surface area (Å²) in [6.07, 6.45) is 0.958. The van der Waals surface area contributed by atoms with E-state index in [0.29, 0.717) is 21.7 Å². The smallest absolute Gasteiger partial charge is 0.151 e. The van der Waals surface area contributed by atoms with Crippen molar-refractivity contribution in [2.45, 2.75) is 13.3 Å². The molecule has 7 heteroatoms. The molecule has 112 valence electrons. The summed E-state index contributed by atoms with van der Waals surface area (Å²) in [6.45, 7) is 2.82. The third-order valence-corrected chi connectivity index (χ3v) is 4.12. The van der Waals surface area contributed by atoms with Crippen molar-refractivity contribution in [2.75, 3.05) is 17.2 Å². The van der Waals surface area contributed by atoms with Crippen LogP contribution in [0, 0.1) is 9.39 Å². The molecule has 1 aromatic carbocycles. The number of benzene rings is 1. The Morgan fingerprint density at radius 1 is 1.19 bits per heavy atom. The molecule has 0 fully saturated rings. The highest BCUT2D eigenvalue weighted by Crippen LogP contribution is 2.32. The van der Waals surface area contributed by atoms with Crippen LogP contribution in [-0.4, -0.2) is 11.5 Å². The second-order valence-electron chi connectivity index (χ2n) is 4.33. The molecule has 1 aromatic heterocycles. The van der Waals surface area contributed by atoms with Gasteiger partial charge in [-0.05, 0) is 53.3 Å². The quantitative estimate of drug-likeness (QED) is 0.587. The van der Waals surface area contributed by atoms with Gasteiger partial charge in [-0.15, -0.1) is 0 Å². The molecule has 1 heterocycles.